The van der Waals surface area contributed by atoms with E-state index in [1.54, 1.807) is 17.4 Å². The van der Waals surface area contributed by atoms with Crippen LogP contribution in [-0.2, 0) is 11.3 Å². The minimum atomic E-state index is 0.0222. The van der Waals surface area contributed by atoms with Crippen molar-refractivity contribution in [3.8, 4) is 0 Å². The number of amides is 1. The van der Waals surface area contributed by atoms with Gasteiger partial charge in [-0.3, -0.25) is 4.79 Å². The maximum absolute atomic E-state index is 11.6. The van der Waals surface area contributed by atoms with Gasteiger partial charge in [0, 0.05) is 19.2 Å². The molecule has 1 amide bonds. The van der Waals surface area contributed by atoms with Crippen LogP contribution in [0.25, 0.3) is 6.08 Å². The van der Waals surface area contributed by atoms with E-state index < -0.39 is 0 Å². The Morgan fingerprint density at radius 1 is 1.67 bits per heavy atom. The summed E-state index contributed by atoms with van der Waals surface area (Å²) in [5.74, 6) is 0.0222. The first-order valence-electron chi connectivity index (χ1n) is 4.92. The normalized spacial score (nSPS) is 14.1. The fourth-order valence-corrected chi connectivity index (χ4v) is 1.53. The van der Waals surface area contributed by atoms with Crippen LogP contribution in [0.3, 0.4) is 0 Å². The van der Waals surface area contributed by atoms with Gasteiger partial charge in [0.05, 0.1) is 24.3 Å². The molecule has 5 heteroatoms. The lowest BCUT2D eigenvalue weighted by Gasteiger charge is -2.20. The summed E-state index contributed by atoms with van der Waals surface area (Å²) in [6.45, 7) is 0.566. The Balaban J connectivity index is 2.00. The molecule has 1 aliphatic rings. The van der Waals surface area contributed by atoms with Crippen LogP contribution in [-0.4, -0.2) is 32.5 Å². The number of hydrogen-bond donors (Lipinski definition) is 2. The van der Waals surface area contributed by atoms with Crippen LogP contribution in [0.1, 0.15) is 24.2 Å². The van der Waals surface area contributed by atoms with E-state index >= 15 is 0 Å². The van der Waals surface area contributed by atoms with Gasteiger partial charge in [-0.1, -0.05) is 0 Å². The first-order chi connectivity index (χ1) is 7.31. The van der Waals surface area contributed by atoms with E-state index in [-0.39, 0.29) is 12.5 Å². The van der Waals surface area contributed by atoms with Gasteiger partial charge in [0.1, 0.15) is 0 Å². The smallest absolute Gasteiger partial charge is 0.226 e. The number of carbonyl (C=O) groups excluding carboxylic acids is 1. The first-order valence-corrected chi connectivity index (χ1v) is 4.92. The van der Waals surface area contributed by atoms with Gasteiger partial charge in [0.25, 0.3) is 0 Å². The van der Waals surface area contributed by atoms with Crippen molar-refractivity contribution < 1.29 is 9.90 Å². The molecule has 0 unspecified atom stereocenters. The van der Waals surface area contributed by atoms with Crippen molar-refractivity contribution in [3.63, 3.8) is 0 Å². The van der Waals surface area contributed by atoms with Crippen molar-refractivity contribution in [1.82, 2.24) is 14.9 Å². The molecule has 1 aromatic heterocycles. The molecule has 0 bridgehead atoms. The summed E-state index contributed by atoms with van der Waals surface area (Å²) in [5, 5.41) is 8.63. The van der Waals surface area contributed by atoms with Crippen LogP contribution in [0.15, 0.2) is 12.5 Å². The standard InChI is InChI=1S/C10H13N3O2/c14-5-1-2-10(15)13-4-3-8-9(6-13)12-7-11-8/h3-4,7,14H,1-2,5-6H2,(H,11,12). The maximum Gasteiger partial charge on any atom is 0.226 e. The number of aromatic nitrogens is 2. The van der Waals surface area contributed by atoms with Gasteiger partial charge < -0.3 is 15.0 Å². The van der Waals surface area contributed by atoms with Gasteiger partial charge >= 0.3 is 0 Å². The predicted octanol–water partition coefficient (Wildman–Crippen LogP) is 0.495. The number of hydrogen-bond acceptors (Lipinski definition) is 3. The summed E-state index contributed by atoms with van der Waals surface area (Å²) >= 11 is 0. The first kappa shape index (κ1) is 9.92. The molecule has 2 rings (SSSR count). The summed E-state index contributed by atoms with van der Waals surface area (Å²) in [6, 6.07) is 0. The number of aliphatic hydroxyl groups excluding tert-OH is 1. The summed E-state index contributed by atoms with van der Waals surface area (Å²) in [5.41, 5.74) is 1.84. The number of imidazole rings is 1. The largest absolute Gasteiger partial charge is 0.396 e. The minimum Gasteiger partial charge on any atom is -0.396 e. The molecule has 1 aliphatic heterocycles. The van der Waals surface area contributed by atoms with Gasteiger partial charge in [-0.05, 0) is 12.5 Å². The third-order valence-corrected chi connectivity index (χ3v) is 2.36. The maximum atomic E-state index is 11.6. The van der Waals surface area contributed by atoms with Crippen molar-refractivity contribution in [1.29, 1.82) is 0 Å². The quantitative estimate of drug-likeness (QED) is 0.758. The summed E-state index contributed by atoms with van der Waals surface area (Å²) in [7, 11) is 0. The van der Waals surface area contributed by atoms with E-state index in [0.717, 1.165) is 11.4 Å². The van der Waals surface area contributed by atoms with Crippen LogP contribution < -0.4 is 0 Å². The second-order valence-corrected chi connectivity index (χ2v) is 3.43. The third kappa shape index (κ3) is 2.07. The second-order valence-electron chi connectivity index (χ2n) is 3.43. The molecule has 0 fully saturated rings. The zero-order chi connectivity index (χ0) is 10.7. The van der Waals surface area contributed by atoms with E-state index in [0.29, 0.717) is 19.4 Å². The van der Waals surface area contributed by atoms with Gasteiger partial charge in [-0.2, -0.15) is 0 Å². The fraction of sp³-hybridized carbons (Fsp3) is 0.400. The molecule has 0 radical (unpaired) electrons. The topological polar surface area (TPSA) is 69.2 Å². The van der Waals surface area contributed by atoms with Crippen molar-refractivity contribution in [3.05, 3.63) is 23.9 Å². The van der Waals surface area contributed by atoms with E-state index in [9.17, 15) is 4.79 Å². The Morgan fingerprint density at radius 2 is 2.53 bits per heavy atom. The van der Waals surface area contributed by atoms with Crippen LogP contribution in [0.5, 0.6) is 0 Å². The average molecular weight is 207 g/mol. The number of aliphatic hydroxyl groups is 1. The summed E-state index contributed by atoms with van der Waals surface area (Å²) in [6.07, 6.45) is 6.09. The molecule has 0 atom stereocenters. The van der Waals surface area contributed by atoms with E-state index in [1.807, 2.05) is 6.08 Å². The summed E-state index contributed by atoms with van der Waals surface area (Å²) < 4.78 is 0. The zero-order valence-electron chi connectivity index (χ0n) is 8.31. The van der Waals surface area contributed by atoms with Crippen molar-refractivity contribution >= 4 is 12.0 Å². The number of fused-ring (bicyclic) bond motifs is 1. The van der Waals surface area contributed by atoms with Crippen molar-refractivity contribution in [2.24, 2.45) is 0 Å². The van der Waals surface area contributed by atoms with E-state index in [4.69, 9.17) is 5.11 Å². The number of carbonyl (C=O) groups is 1. The monoisotopic (exact) mass is 207 g/mol. The molecule has 0 spiro atoms. The fourth-order valence-electron chi connectivity index (χ4n) is 1.53. The number of nitrogens with zero attached hydrogens (tertiary/aromatic N) is 2. The SMILES string of the molecule is O=C(CCCO)N1C=Cc2[nH]cnc2C1. The second kappa shape index (κ2) is 4.27. The number of H-pyrrole nitrogens is 1. The highest BCUT2D eigenvalue weighted by Crippen LogP contribution is 2.16. The van der Waals surface area contributed by atoms with Gasteiger partial charge in [0.2, 0.25) is 5.91 Å². The van der Waals surface area contributed by atoms with Crippen molar-refractivity contribution in [2.45, 2.75) is 19.4 Å². The number of nitrogens with one attached hydrogen (secondary N) is 1. The van der Waals surface area contributed by atoms with Crippen LogP contribution in [0.4, 0.5) is 0 Å². The Labute approximate surface area is 87.4 Å². The molecule has 0 saturated heterocycles. The van der Waals surface area contributed by atoms with Crippen LogP contribution in [0, 0.1) is 0 Å². The molecule has 5 nitrogen and oxygen atoms in total. The molecule has 1 aromatic rings. The molecular weight excluding hydrogens is 194 g/mol. The molecule has 2 heterocycles. The lowest BCUT2D eigenvalue weighted by molar-refractivity contribution is -0.129. The molecule has 15 heavy (non-hydrogen) atoms. The van der Waals surface area contributed by atoms with Crippen molar-refractivity contribution in [2.75, 3.05) is 6.61 Å². The Kier molecular flexibility index (Phi) is 2.82. The lowest BCUT2D eigenvalue weighted by Crippen LogP contribution is -2.27. The van der Waals surface area contributed by atoms with Gasteiger partial charge in [-0.15, -0.1) is 0 Å². The zero-order valence-corrected chi connectivity index (χ0v) is 8.31. The molecule has 80 valence electrons. The number of aromatic amines is 1. The van der Waals surface area contributed by atoms with E-state index in [2.05, 4.69) is 9.97 Å². The lowest BCUT2D eigenvalue weighted by atomic mass is 10.2. The average Bonchev–Trinajstić information content (AvgIpc) is 2.72. The third-order valence-electron chi connectivity index (χ3n) is 2.36. The highest BCUT2D eigenvalue weighted by atomic mass is 16.3. The number of rotatable bonds is 3. The predicted molar refractivity (Wildman–Crippen MR) is 54.5 cm³/mol. The molecule has 0 aromatic carbocycles. The molecule has 0 aliphatic carbocycles. The van der Waals surface area contributed by atoms with Crippen LogP contribution >= 0.6 is 0 Å². The highest BCUT2D eigenvalue weighted by molar-refractivity contribution is 5.78. The van der Waals surface area contributed by atoms with E-state index in [1.165, 1.54) is 0 Å². The Bertz CT molecular complexity index is 384. The molecular formula is C10H13N3O2. The summed E-state index contributed by atoms with van der Waals surface area (Å²) in [4.78, 5) is 20.3. The Morgan fingerprint density at radius 3 is 3.33 bits per heavy atom. The van der Waals surface area contributed by atoms with Gasteiger partial charge in [0.15, 0.2) is 0 Å². The highest BCUT2D eigenvalue weighted by Gasteiger charge is 2.17. The molecule has 0 saturated carbocycles. The Hall–Kier alpha value is -1.62. The van der Waals surface area contributed by atoms with Crippen LogP contribution in [0.2, 0.25) is 0 Å². The molecule has 2 N–H and O–H groups in total. The minimum absolute atomic E-state index is 0.0222. The van der Waals surface area contributed by atoms with Gasteiger partial charge in [-0.25, -0.2) is 4.98 Å².